The molecule has 0 radical (unpaired) electrons. The Labute approximate surface area is 247 Å². The number of halogens is 3. The van der Waals surface area contributed by atoms with Crippen LogP contribution in [0.15, 0.2) is 65.4 Å². The molecule has 5 rings (SSSR count). The molecule has 0 unspecified atom stereocenters. The maximum atomic E-state index is 12.7. The molecule has 2 aromatic heterocycles. The van der Waals surface area contributed by atoms with E-state index in [1.807, 2.05) is 28.9 Å². The molecule has 0 N–H and O–H groups in total. The molecule has 9 nitrogen and oxygen atoms in total. The second kappa shape index (κ2) is 13.6. The van der Waals surface area contributed by atoms with Gasteiger partial charge >= 0.3 is 6.18 Å². The second-order valence-corrected chi connectivity index (χ2v) is 12.7. The molecule has 1 aliphatic rings. The van der Waals surface area contributed by atoms with Gasteiger partial charge < -0.3 is 9.15 Å². The molecule has 0 saturated carbocycles. The lowest BCUT2D eigenvalue weighted by Crippen LogP contribution is -2.40. The molecule has 3 heterocycles. The van der Waals surface area contributed by atoms with Crippen LogP contribution in [0.2, 0.25) is 0 Å². The fraction of sp³-hybridized carbons (Fsp3) is 0.367. The summed E-state index contributed by atoms with van der Waals surface area (Å²) < 4.78 is 74.6. The standard InChI is InChI=1S/C30H32F3N5O4S/c31-30(32,33)25-9-4-24(5-10-25)8-13-29-35-26(22-42-29)21-41-28-11-6-23(7-12-28)3-1-2-14-38-27(19-34-36-38)20-37-15-17-43(39,40)18-16-37/h4-13,19,22H,1-3,14-18,20-21H2/b13-8+. The van der Waals surface area contributed by atoms with Crippen molar-refractivity contribution in [1.29, 1.82) is 0 Å². The number of hydrogen-bond acceptors (Lipinski definition) is 8. The maximum absolute atomic E-state index is 12.7. The third kappa shape index (κ3) is 9.01. The van der Waals surface area contributed by atoms with Crippen LogP contribution in [0.3, 0.4) is 0 Å². The predicted octanol–water partition coefficient (Wildman–Crippen LogP) is 5.29. The Hall–Kier alpha value is -3.97. The van der Waals surface area contributed by atoms with E-state index in [2.05, 4.69) is 20.2 Å². The van der Waals surface area contributed by atoms with Crippen LogP contribution in [0.1, 0.15) is 46.8 Å². The van der Waals surface area contributed by atoms with Gasteiger partial charge in [0.15, 0.2) is 9.84 Å². The normalized spacial score (nSPS) is 15.7. The zero-order valence-corrected chi connectivity index (χ0v) is 24.2. The van der Waals surface area contributed by atoms with E-state index in [-0.39, 0.29) is 18.1 Å². The third-order valence-electron chi connectivity index (χ3n) is 7.14. The molecule has 0 amide bonds. The van der Waals surface area contributed by atoms with Gasteiger partial charge in [0, 0.05) is 32.3 Å². The number of rotatable bonds is 12. The summed E-state index contributed by atoms with van der Waals surface area (Å²) in [4.78, 5) is 6.46. The van der Waals surface area contributed by atoms with Crippen molar-refractivity contribution in [2.45, 2.75) is 45.1 Å². The van der Waals surface area contributed by atoms with Crippen LogP contribution in [0, 0.1) is 0 Å². The van der Waals surface area contributed by atoms with E-state index in [0.29, 0.717) is 42.5 Å². The van der Waals surface area contributed by atoms with Crippen LogP contribution < -0.4 is 4.74 Å². The summed E-state index contributed by atoms with van der Waals surface area (Å²) >= 11 is 0. The van der Waals surface area contributed by atoms with Crippen LogP contribution in [-0.2, 0) is 42.1 Å². The lowest BCUT2D eigenvalue weighted by molar-refractivity contribution is -0.137. The summed E-state index contributed by atoms with van der Waals surface area (Å²) in [5.74, 6) is 1.43. The van der Waals surface area contributed by atoms with E-state index in [4.69, 9.17) is 9.15 Å². The molecule has 0 bridgehead atoms. The third-order valence-corrected chi connectivity index (χ3v) is 8.75. The van der Waals surface area contributed by atoms with E-state index in [1.165, 1.54) is 24.0 Å². The van der Waals surface area contributed by atoms with E-state index in [9.17, 15) is 21.6 Å². The number of hydrogen-bond donors (Lipinski definition) is 0. The van der Waals surface area contributed by atoms with Crippen molar-refractivity contribution in [2.75, 3.05) is 24.6 Å². The van der Waals surface area contributed by atoms with Gasteiger partial charge in [-0.1, -0.05) is 29.5 Å². The van der Waals surface area contributed by atoms with Crippen LogP contribution in [0.25, 0.3) is 12.2 Å². The highest BCUT2D eigenvalue weighted by Gasteiger charge is 2.29. The number of unbranched alkanes of at least 4 members (excludes halogenated alkanes) is 1. The summed E-state index contributed by atoms with van der Waals surface area (Å²) in [5.41, 5.74) is 2.68. The molecule has 4 aromatic rings. The first-order valence-corrected chi connectivity index (χ1v) is 15.8. The van der Waals surface area contributed by atoms with Crippen molar-refractivity contribution >= 4 is 22.0 Å². The summed E-state index contributed by atoms with van der Waals surface area (Å²) in [6.07, 6.45) is 4.91. The molecule has 0 atom stereocenters. The predicted molar refractivity (Wildman–Crippen MR) is 155 cm³/mol. The summed E-state index contributed by atoms with van der Waals surface area (Å²) in [6.45, 7) is 2.70. The summed E-state index contributed by atoms with van der Waals surface area (Å²) in [5, 5.41) is 8.25. The lowest BCUT2D eigenvalue weighted by atomic mass is 10.1. The van der Waals surface area contributed by atoms with Gasteiger partial charge in [-0.2, -0.15) is 13.2 Å². The number of aryl methyl sites for hydroxylation is 2. The van der Waals surface area contributed by atoms with Gasteiger partial charge in [-0.05, 0) is 60.7 Å². The van der Waals surface area contributed by atoms with Crippen LogP contribution in [0.5, 0.6) is 5.75 Å². The molecular formula is C30H32F3N5O4S. The van der Waals surface area contributed by atoms with E-state index >= 15 is 0 Å². The van der Waals surface area contributed by atoms with Crippen molar-refractivity contribution in [1.82, 2.24) is 24.9 Å². The van der Waals surface area contributed by atoms with Crippen LogP contribution in [0.4, 0.5) is 13.2 Å². The topological polar surface area (TPSA) is 103 Å². The highest BCUT2D eigenvalue weighted by atomic mass is 32.2. The molecular weight excluding hydrogens is 583 g/mol. The Morgan fingerprint density at radius 3 is 2.44 bits per heavy atom. The molecule has 1 saturated heterocycles. The molecule has 0 aliphatic carbocycles. The zero-order valence-electron chi connectivity index (χ0n) is 23.4. The van der Waals surface area contributed by atoms with Crippen molar-refractivity contribution in [3.63, 3.8) is 0 Å². The van der Waals surface area contributed by atoms with Gasteiger partial charge in [0.2, 0.25) is 5.89 Å². The minimum Gasteiger partial charge on any atom is -0.487 e. The summed E-state index contributed by atoms with van der Waals surface area (Å²) in [6, 6.07) is 12.7. The average molecular weight is 616 g/mol. The van der Waals surface area contributed by atoms with Crippen LogP contribution in [-0.4, -0.2) is 57.9 Å². The number of alkyl halides is 3. The fourth-order valence-corrected chi connectivity index (χ4v) is 5.92. The van der Waals surface area contributed by atoms with Gasteiger partial charge in [-0.15, -0.1) is 5.10 Å². The van der Waals surface area contributed by atoms with E-state index in [0.717, 1.165) is 43.6 Å². The molecule has 1 fully saturated rings. The van der Waals surface area contributed by atoms with Gasteiger partial charge in [-0.3, -0.25) is 4.90 Å². The number of aromatic nitrogens is 4. The van der Waals surface area contributed by atoms with E-state index < -0.39 is 21.6 Å². The summed E-state index contributed by atoms with van der Waals surface area (Å²) in [7, 11) is -2.90. The highest BCUT2D eigenvalue weighted by Crippen LogP contribution is 2.29. The minimum absolute atomic E-state index is 0.203. The first-order valence-electron chi connectivity index (χ1n) is 13.9. The van der Waals surface area contributed by atoms with Crippen molar-refractivity contribution in [2.24, 2.45) is 0 Å². The zero-order chi connectivity index (χ0) is 30.3. The number of sulfone groups is 1. The Kier molecular flexibility index (Phi) is 9.61. The lowest BCUT2D eigenvalue weighted by Gasteiger charge is -2.26. The Bertz CT molecular complexity index is 1600. The Morgan fingerprint density at radius 1 is 0.977 bits per heavy atom. The monoisotopic (exact) mass is 615 g/mol. The van der Waals surface area contributed by atoms with E-state index in [1.54, 1.807) is 18.3 Å². The maximum Gasteiger partial charge on any atom is 0.416 e. The largest absolute Gasteiger partial charge is 0.487 e. The fourth-order valence-electron chi connectivity index (χ4n) is 4.64. The molecule has 1 aliphatic heterocycles. The van der Waals surface area contributed by atoms with Gasteiger partial charge in [-0.25, -0.2) is 18.1 Å². The van der Waals surface area contributed by atoms with Crippen molar-refractivity contribution < 1.29 is 30.7 Å². The number of nitrogens with zero attached hydrogens (tertiary/aromatic N) is 5. The second-order valence-electron chi connectivity index (χ2n) is 10.4. The first kappa shape index (κ1) is 30.5. The van der Waals surface area contributed by atoms with Gasteiger partial charge in [0.1, 0.15) is 24.3 Å². The molecule has 13 heteroatoms. The van der Waals surface area contributed by atoms with Crippen molar-refractivity contribution in [3.8, 4) is 5.75 Å². The minimum atomic E-state index is -4.36. The molecule has 2 aromatic carbocycles. The number of oxazole rings is 1. The SMILES string of the molecule is O=S1(=O)CCN(Cc2cnnn2CCCCc2ccc(OCc3coc(/C=C/c4ccc(C(F)(F)F)cc4)n3)cc2)CC1. The molecule has 0 spiro atoms. The number of ether oxygens (including phenoxy) is 1. The Morgan fingerprint density at radius 2 is 1.72 bits per heavy atom. The number of benzene rings is 2. The van der Waals surface area contributed by atoms with Crippen molar-refractivity contribution in [3.05, 3.63) is 95.0 Å². The molecule has 228 valence electrons. The van der Waals surface area contributed by atoms with Crippen LogP contribution >= 0.6 is 0 Å². The smallest absolute Gasteiger partial charge is 0.416 e. The molecule has 43 heavy (non-hydrogen) atoms. The highest BCUT2D eigenvalue weighted by molar-refractivity contribution is 7.91. The first-order chi connectivity index (χ1) is 20.6. The average Bonchev–Trinajstić information content (AvgIpc) is 3.64. The van der Waals surface area contributed by atoms with Gasteiger partial charge in [0.25, 0.3) is 0 Å². The Balaban J connectivity index is 1.02. The quantitative estimate of drug-likeness (QED) is 0.198. The van der Waals surface area contributed by atoms with Gasteiger partial charge in [0.05, 0.1) is 29.0 Å².